The number of carbonyl (C=O) groups excluding carboxylic acids is 2. The van der Waals surface area contributed by atoms with E-state index in [0.717, 1.165) is 33.9 Å². The lowest BCUT2D eigenvalue weighted by molar-refractivity contribution is -0.132. The Morgan fingerprint density at radius 3 is 2.41 bits per heavy atom. The Balaban J connectivity index is 1.54. The fraction of sp³-hybridized carbons (Fsp3) is 0.261. The molecule has 5 nitrogen and oxygen atoms in total. The van der Waals surface area contributed by atoms with Gasteiger partial charge in [-0.05, 0) is 31.0 Å². The second-order valence-electron chi connectivity index (χ2n) is 7.04. The zero-order valence-corrected chi connectivity index (χ0v) is 17.8. The Kier molecular flexibility index (Phi) is 6.77. The third kappa shape index (κ3) is 5.74. The van der Waals surface area contributed by atoms with Crippen molar-refractivity contribution in [2.75, 3.05) is 18.9 Å². The lowest BCUT2D eigenvalue weighted by Crippen LogP contribution is -2.35. The minimum Gasteiger partial charge on any atom is -0.336 e. The van der Waals surface area contributed by atoms with Gasteiger partial charge in [0.2, 0.25) is 11.8 Å². The van der Waals surface area contributed by atoms with Gasteiger partial charge in [-0.25, -0.2) is 4.98 Å². The van der Waals surface area contributed by atoms with Crippen molar-refractivity contribution in [1.82, 2.24) is 9.88 Å². The van der Waals surface area contributed by atoms with Crippen LogP contribution < -0.4 is 5.32 Å². The number of nitrogens with one attached hydrogen (secondary N) is 1. The molecule has 29 heavy (non-hydrogen) atoms. The van der Waals surface area contributed by atoms with E-state index in [9.17, 15) is 9.59 Å². The van der Waals surface area contributed by atoms with E-state index in [-0.39, 0.29) is 24.8 Å². The van der Waals surface area contributed by atoms with Crippen molar-refractivity contribution in [3.8, 4) is 10.6 Å². The molecule has 0 atom stereocenters. The van der Waals surface area contributed by atoms with Gasteiger partial charge in [0.05, 0.1) is 18.7 Å². The van der Waals surface area contributed by atoms with Crippen LogP contribution in [0, 0.1) is 6.92 Å². The van der Waals surface area contributed by atoms with Gasteiger partial charge < -0.3 is 10.2 Å². The third-order valence-electron chi connectivity index (χ3n) is 4.64. The number of aromatic nitrogens is 1. The molecule has 2 aromatic carbocycles. The Hall–Kier alpha value is -2.99. The molecule has 0 radical (unpaired) electrons. The molecule has 0 bridgehead atoms. The van der Waals surface area contributed by atoms with Gasteiger partial charge >= 0.3 is 0 Å². The standard InChI is InChI=1S/C23H25N3O2S/c1-4-17-7-9-18(10-8-17)23-25-20(15-29-23)13-22(28)26(3)14-21(27)24-19-11-5-16(2)6-12-19/h5-12,15H,4,13-14H2,1-3H3,(H,24,27). The third-order valence-corrected chi connectivity index (χ3v) is 5.58. The van der Waals surface area contributed by atoms with Crippen molar-refractivity contribution >= 4 is 28.8 Å². The molecule has 2 amide bonds. The largest absolute Gasteiger partial charge is 0.336 e. The Labute approximate surface area is 175 Å². The number of thiazole rings is 1. The Bertz CT molecular complexity index is 978. The summed E-state index contributed by atoms with van der Waals surface area (Å²) in [6.07, 6.45) is 1.18. The minimum atomic E-state index is -0.223. The van der Waals surface area contributed by atoms with Gasteiger partial charge in [-0.3, -0.25) is 9.59 Å². The van der Waals surface area contributed by atoms with Crippen LogP contribution in [0.15, 0.2) is 53.9 Å². The average molecular weight is 408 g/mol. The van der Waals surface area contributed by atoms with Crippen molar-refractivity contribution in [3.63, 3.8) is 0 Å². The molecule has 0 saturated heterocycles. The maximum absolute atomic E-state index is 12.5. The summed E-state index contributed by atoms with van der Waals surface area (Å²) < 4.78 is 0. The van der Waals surface area contributed by atoms with Gasteiger partial charge in [0.1, 0.15) is 5.01 Å². The van der Waals surface area contributed by atoms with Gasteiger partial charge in [-0.15, -0.1) is 11.3 Å². The first-order chi connectivity index (χ1) is 13.9. The molecule has 0 fully saturated rings. The number of nitrogens with zero attached hydrogens (tertiary/aromatic N) is 2. The van der Waals surface area contributed by atoms with E-state index in [1.807, 2.05) is 36.6 Å². The molecule has 150 valence electrons. The van der Waals surface area contributed by atoms with E-state index in [1.54, 1.807) is 7.05 Å². The molecule has 0 saturated carbocycles. The van der Waals surface area contributed by atoms with Crippen LogP contribution >= 0.6 is 11.3 Å². The molecule has 0 spiro atoms. The number of benzene rings is 2. The highest BCUT2D eigenvalue weighted by atomic mass is 32.1. The molecule has 0 aliphatic heterocycles. The van der Waals surface area contributed by atoms with Crippen LogP contribution in [0.5, 0.6) is 0 Å². The number of carbonyl (C=O) groups is 2. The van der Waals surface area contributed by atoms with Crippen molar-refractivity contribution < 1.29 is 9.59 Å². The number of aryl methyl sites for hydroxylation is 2. The fourth-order valence-corrected chi connectivity index (χ4v) is 3.66. The summed E-state index contributed by atoms with van der Waals surface area (Å²) in [5, 5.41) is 5.61. The Morgan fingerprint density at radius 1 is 1.07 bits per heavy atom. The quantitative estimate of drug-likeness (QED) is 0.634. The number of amides is 2. The lowest BCUT2D eigenvalue weighted by Gasteiger charge is -2.16. The Morgan fingerprint density at radius 2 is 1.76 bits per heavy atom. The molecular weight excluding hydrogens is 382 g/mol. The van der Waals surface area contributed by atoms with Gasteiger partial charge in [0.25, 0.3) is 0 Å². The van der Waals surface area contributed by atoms with Gasteiger partial charge in [-0.2, -0.15) is 0 Å². The van der Waals surface area contributed by atoms with Gasteiger partial charge in [0.15, 0.2) is 0 Å². The van der Waals surface area contributed by atoms with Crippen LogP contribution in [0.2, 0.25) is 0 Å². The van der Waals surface area contributed by atoms with Crippen LogP contribution in [0.25, 0.3) is 10.6 Å². The molecule has 6 heteroatoms. The first kappa shape index (κ1) is 20.7. The predicted molar refractivity (Wildman–Crippen MR) is 118 cm³/mol. The number of anilines is 1. The summed E-state index contributed by atoms with van der Waals surface area (Å²) in [4.78, 5) is 30.7. The molecule has 0 aliphatic rings. The molecule has 1 heterocycles. The van der Waals surface area contributed by atoms with E-state index < -0.39 is 0 Å². The first-order valence-corrected chi connectivity index (χ1v) is 10.5. The van der Waals surface area contributed by atoms with E-state index in [1.165, 1.54) is 21.8 Å². The van der Waals surface area contributed by atoms with E-state index in [0.29, 0.717) is 0 Å². The average Bonchev–Trinajstić information content (AvgIpc) is 3.18. The molecule has 0 unspecified atom stereocenters. The summed E-state index contributed by atoms with van der Waals surface area (Å²) in [6, 6.07) is 15.9. The van der Waals surface area contributed by atoms with Gasteiger partial charge in [0, 0.05) is 23.7 Å². The second-order valence-corrected chi connectivity index (χ2v) is 7.89. The van der Waals surface area contributed by atoms with Crippen LogP contribution in [-0.4, -0.2) is 35.3 Å². The number of likely N-dealkylation sites (N-methyl/N-ethyl adjacent to an activating group) is 1. The summed E-state index contributed by atoms with van der Waals surface area (Å²) in [5.74, 6) is -0.359. The van der Waals surface area contributed by atoms with Crippen molar-refractivity contribution in [2.24, 2.45) is 0 Å². The van der Waals surface area contributed by atoms with Gasteiger partial charge in [-0.1, -0.05) is 48.9 Å². The summed E-state index contributed by atoms with van der Waals surface area (Å²) in [7, 11) is 1.63. The predicted octanol–water partition coefficient (Wildman–Crippen LogP) is 4.32. The van der Waals surface area contributed by atoms with Crippen LogP contribution in [0.3, 0.4) is 0 Å². The van der Waals surface area contributed by atoms with Crippen molar-refractivity contribution in [3.05, 3.63) is 70.7 Å². The van der Waals surface area contributed by atoms with Crippen LogP contribution in [0.1, 0.15) is 23.7 Å². The molecule has 3 rings (SSSR count). The van der Waals surface area contributed by atoms with E-state index in [4.69, 9.17) is 0 Å². The van der Waals surface area contributed by atoms with Crippen molar-refractivity contribution in [2.45, 2.75) is 26.7 Å². The SMILES string of the molecule is CCc1ccc(-c2nc(CC(=O)N(C)CC(=O)Nc3ccc(C)cc3)cs2)cc1. The fourth-order valence-electron chi connectivity index (χ4n) is 2.83. The van der Waals surface area contributed by atoms with Crippen LogP contribution in [0.4, 0.5) is 5.69 Å². The molecule has 0 aliphatic carbocycles. The molecular formula is C23H25N3O2S. The molecule has 1 aromatic heterocycles. The lowest BCUT2D eigenvalue weighted by atomic mass is 10.1. The van der Waals surface area contributed by atoms with E-state index in [2.05, 4.69) is 41.5 Å². The second kappa shape index (κ2) is 9.47. The first-order valence-electron chi connectivity index (χ1n) is 9.59. The zero-order valence-electron chi connectivity index (χ0n) is 16.9. The summed E-state index contributed by atoms with van der Waals surface area (Å²) in [6.45, 7) is 4.12. The maximum Gasteiger partial charge on any atom is 0.243 e. The highest BCUT2D eigenvalue weighted by molar-refractivity contribution is 7.13. The highest BCUT2D eigenvalue weighted by Gasteiger charge is 2.16. The highest BCUT2D eigenvalue weighted by Crippen LogP contribution is 2.24. The smallest absolute Gasteiger partial charge is 0.243 e. The maximum atomic E-state index is 12.5. The minimum absolute atomic E-state index is 0.00217. The topological polar surface area (TPSA) is 62.3 Å². The van der Waals surface area contributed by atoms with Crippen molar-refractivity contribution in [1.29, 1.82) is 0 Å². The molecule has 3 aromatic rings. The zero-order chi connectivity index (χ0) is 20.8. The summed E-state index contributed by atoms with van der Waals surface area (Å²) >= 11 is 1.53. The normalized spacial score (nSPS) is 10.6. The molecule has 1 N–H and O–H groups in total. The number of rotatable bonds is 7. The number of hydrogen-bond donors (Lipinski definition) is 1. The van der Waals surface area contributed by atoms with Crippen LogP contribution in [-0.2, 0) is 22.4 Å². The van der Waals surface area contributed by atoms with E-state index >= 15 is 0 Å². The number of hydrogen-bond acceptors (Lipinski definition) is 4. The summed E-state index contributed by atoms with van der Waals surface area (Å²) in [5.41, 5.74) is 4.90. The monoisotopic (exact) mass is 407 g/mol.